The summed E-state index contributed by atoms with van der Waals surface area (Å²) >= 11 is 0. The molecule has 0 saturated carbocycles. The predicted octanol–water partition coefficient (Wildman–Crippen LogP) is 11.5. The lowest BCUT2D eigenvalue weighted by atomic mass is 9.89. The zero-order chi connectivity index (χ0) is 30.6. The number of para-hydroxylation sites is 1. The van der Waals surface area contributed by atoms with Gasteiger partial charge in [0.2, 0.25) is 5.95 Å². The van der Waals surface area contributed by atoms with Crippen LogP contribution in [0.5, 0.6) is 0 Å². The average molecular weight is 596 g/mol. The Morgan fingerprint density at radius 3 is 2.04 bits per heavy atom. The van der Waals surface area contributed by atoms with Crippen molar-refractivity contribution in [2.75, 3.05) is 0 Å². The topological polar surface area (TPSA) is 30.7 Å². The number of benzene rings is 8. The van der Waals surface area contributed by atoms with Gasteiger partial charge in [-0.3, -0.25) is 4.57 Å². The van der Waals surface area contributed by atoms with E-state index in [1.165, 1.54) is 65.3 Å². The maximum atomic E-state index is 5.42. The smallest absolute Gasteiger partial charge is 0.235 e. The van der Waals surface area contributed by atoms with E-state index in [2.05, 4.69) is 156 Å². The SMILES string of the molecule is c1ccc2cc(-c3nc(-n4c5cccc6c5c5c7c(cccc7ccc54)-c4ccc5ccccc5c4-6)nc4ccccc34)ccc2c1. The molecule has 0 radical (unpaired) electrons. The van der Waals surface area contributed by atoms with Gasteiger partial charge in [0.15, 0.2) is 0 Å². The van der Waals surface area contributed by atoms with Gasteiger partial charge in [0.1, 0.15) is 0 Å². The van der Waals surface area contributed by atoms with Crippen molar-refractivity contribution < 1.29 is 0 Å². The van der Waals surface area contributed by atoms with Crippen LogP contribution in [0.25, 0.3) is 104 Å². The second-order valence-corrected chi connectivity index (χ2v) is 12.6. The largest absolute Gasteiger partial charge is 0.278 e. The van der Waals surface area contributed by atoms with E-state index in [-0.39, 0.29) is 0 Å². The van der Waals surface area contributed by atoms with Gasteiger partial charge in [-0.2, -0.15) is 0 Å². The van der Waals surface area contributed by atoms with Crippen LogP contribution in [0.3, 0.4) is 0 Å². The van der Waals surface area contributed by atoms with Crippen molar-refractivity contribution in [3.63, 3.8) is 0 Å². The number of hydrogen-bond donors (Lipinski definition) is 0. The van der Waals surface area contributed by atoms with Crippen molar-refractivity contribution in [3.05, 3.63) is 152 Å². The van der Waals surface area contributed by atoms with E-state index in [9.17, 15) is 0 Å². The Morgan fingerprint density at radius 2 is 1.11 bits per heavy atom. The monoisotopic (exact) mass is 595 g/mol. The summed E-state index contributed by atoms with van der Waals surface area (Å²) in [6.07, 6.45) is 0. The fourth-order valence-corrected chi connectivity index (χ4v) is 8.08. The fourth-order valence-electron chi connectivity index (χ4n) is 8.08. The maximum Gasteiger partial charge on any atom is 0.235 e. The Hall–Kier alpha value is -6.32. The van der Waals surface area contributed by atoms with Gasteiger partial charge in [-0.15, -0.1) is 0 Å². The molecule has 8 aromatic carbocycles. The van der Waals surface area contributed by atoms with Gasteiger partial charge in [-0.1, -0.05) is 127 Å². The molecule has 11 rings (SSSR count). The van der Waals surface area contributed by atoms with Crippen molar-refractivity contribution in [1.29, 1.82) is 0 Å². The number of rotatable bonds is 2. The van der Waals surface area contributed by atoms with Crippen LogP contribution in [-0.2, 0) is 0 Å². The summed E-state index contributed by atoms with van der Waals surface area (Å²) in [5.41, 5.74) is 10.2. The van der Waals surface area contributed by atoms with Gasteiger partial charge >= 0.3 is 0 Å². The molecule has 3 nitrogen and oxygen atoms in total. The summed E-state index contributed by atoms with van der Waals surface area (Å²) < 4.78 is 2.29. The van der Waals surface area contributed by atoms with Crippen LogP contribution in [0.2, 0.25) is 0 Å². The third-order valence-corrected chi connectivity index (χ3v) is 10.1. The molecule has 0 N–H and O–H groups in total. The van der Waals surface area contributed by atoms with Gasteiger partial charge in [0.05, 0.1) is 22.2 Å². The van der Waals surface area contributed by atoms with Crippen LogP contribution < -0.4 is 0 Å². The molecule has 1 aliphatic carbocycles. The van der Waals surface area contributed by atoms with Crippen molar-refractivity contribution in [2.24, 2.45) is 0 Å². The first kappa shape index (κ1) is 24.9. The minimum atomic E-state index is 0.680. The Bertz CT molecular complexity index is 2970. The zero-order valence-electron chi connectivity index (χ0n) is 25.3. The van der Waals surface area contributed by atoms with E-state index in [0.29, 0.717) is 5.95 Å². The lowest BCUT2D eigenvalue weighted by Crippen LogP contribution is -2.03. The second kappa shape index (κ2) is 9.12. The number of hydrogen-bond acceptors (Lipinski definition) is 2. The summed E-state index contributed by atoms with van der Waals surface area (Å²) in [5, 5.41) is 11.0. The highest BCUT2D eigenvalue weighted by atomic mass is 15.2. The van der Waals surface area contributed by atoms with Crippen LogP contribution in [0.4, 0.5) is 0 Å². The molecule has 10 aromatic rings. The molecule has 47 heavy (non-hydrogen) atoms. The van der Waals surface area contributed by atoms with E-state index in [4.69, 9.17) is 9.97 Å². The van der Waals surface area contributed by atoms with Crippen LogP contribution in [0.1, 0.15) is 0 Å². The lowest BCUT2D eigenvalue weighted by molar-refractivity contribution is 1.01. The number of nitrogens with zero attached hydrogens (tertiary/aromatic N) is 3. The first-order valence-corrected chi connectivity index (χ1v) is 16.1. The van der Waals surface area contributed by atoms with Crippen molar-refractivity contribution in [2.45, 2.75) is 0 Å². The minimum absolute atomic E-state index is 0.680. The van der Waals surface area contributed by atoms with Crippen molar-refractivity contribution in [1.82, 2.24) is 14.5 Å². The van der Waals surface area contributed by atoms with Gasteiger partial charge in [0, 0.05) is 21.7 Å². The second-order valence-electron chi connectivity index (χ2n) is 12.6. The Balaban J connectivity index is 1.30. The van der Waals surface area contributed by atoms with Crippen LogP contribution >= 0.6 is 0 Å². The molecule has 3 heteroatoms. The number of aromatic nitrogens is 3. The van der Waals surface area contributed by atoms with E-state index in [1.54, 1.807) is 0 Å². The average Bonchev–Trinajstić information content (AvgIpc) is 3.41. The van der Waals surface area contributed by atoms with Gasteiger partial charge in [-0.25, -0.2) is 9.97 Å². The molecule has 216 valence electrons. The first-order chi connectivity index (χ1) is 23.3. The van der Waals surface area contributed by atoms with E-state index < -0.39 is 0 Å². The minimum Gasteiger partial charge on any atom is -0.278 e. The molecular weight excluding hydrogens is 571 g/mol. The molecular formula is C44H25N3. The molecule has 0 aliphatic heterocycles. The standard InChI is InChI=1S/C44H25N3/c1-2-11-29-25-30(20-19-26(29)9-1)43-34-14-5-6-17-36(34)45-44(46-43)47-37-18-8-16-35-40-31-13-4-3-10-27(31)21-23-33(40)32-15-7-12-28-22-24-38(47)42(39(28)32)41(35)37/h1-25H. The van der Waals surface area contributed by atoms with E-state index >= 15 is 0 Å². The van der Waals surface area contributed by atoms with Crippen molar-refractivity contribution >= 4 is 65.0 Å². The van der Waals surface area contributed by atoms with Gasteiger partial charge in [0.25, 0.3) is 0 Å². The summed E-state index contributed by atoms with van der Waals surface area (Å²) in [4.78, 5) is 10.7. The third kappa shape index (κ3) is 3.35. The molecule has 0 amide bonds. The summed E-state index contributed by atoms with van der Waals surface area (Å²) in [5.74, 6) is 0.680. The molecule has 0 spiro atoms. The normalized spacial score (nSPS) is 12.3. The molecule has 0 saturated heterocycles. The highest BCUT2D eigenvalue weighted by Crippen LogP contribution is 2.51. The molecule has 1 aliphatic rings. The maximum absolute atomic E-state index is 5.42. The number of fused-ring (bicyclic) bond motifs is 7. The first-order valence-electron chi connectivity index (χ1n) is 16.1. The Labute approximate surface area is 270 Å². The van der Waals surface area contributed by atoms with Crippen LogP contribution in [0, 0.1) is 0 Å². The van der Waals surface area contributed by atoms with E-state index in [1.807, 2.05) is 0 Å². The van der Waals surface area contributed by atoms with Gasteiger partial charge < -0.3 is 0 Å². The summed E-state index contributed by atoms with van der Waals surface area (Å²) in [7, 11) is 0. The molecule has 0 atom stereocenters. The highest BCUT2D eigenvalue weighted by molar-refractivity contribution is 6.32. The Morgan fingerprint density at radius 1 is 0.404 bits per heavy atom. The molecule has 0 fully saturated rings. The molecule has 0 unspecified atom stereocenters. The van der Waals surface area contributed by atoms with E-state index in [0.717, 1.165) is 33.2 Å². The van der Waals surface area contributed by atoms with Gasteiger partial charge in [-0.05, 0) is 78.8 Å². The van der Waals surface area contributed by atoms with Crippen molar-refractivity contribution in [3.8, 4) is 39.5 Å². The third-order valence-electron chi connectivity index (χ3n) is 10.1. The predicted molar refractivity (Wildman–Crippen MR) is 196 cm³/mol. The quantitative estimate of drug-likeness (QED) is 0.199. The Kier molecular flexibility index (Phi) is 4.84. The highest BCUT2D eigenvalue weighted by Gasteiger charge is 2.26. The summed E-state index contributed by atoms with van der Waals surface area (Å²) in [6, 6.07) is 54.8. The zero-order valence-corrected chi connectivity index (χ0v) is 25.3. The molecule has 2 aromatic heterocycles. The summed E-state index contributed by atoms with van der Waals surface area (Å²) in [6.45, 7) is 0. The molecule has 0 bridgehead atoms. The lowest BCUT2D eigenvalue weighted by Gasteiger charge is -2.16. The molecule has 2 heterocycles. The fraction of sp³-hybridized carbons (Fsp3) is 0. The van der Waals surface area contributed by atoms with Crippen LogP contribution in [0.15, 0.2) is 152 Å². The van der Waals surface area contributed by atoms with Crippen LogP contribution in [-0.4, -0.2) is 14.5 Å².